The Balaban J connectivity index is 1.45. The first kappa shape index (κ1) is 23.1. The molecule has 1 saturated heterocycles. The van der Waals surface area contributed by atoms with Gasteiger partial charge in [-0.15, -0.1) is 0 Å². The highest BCUT2D eigenvalue weighted by Gasteiger charge is 2.19. The van der Waals surface area contributed by atoms with Crippen molar-refractivity contribution in [3.63, 3.8) is 0 Å². The van der Waals surface area contributed by atoms with Crippen molar-refractivity contribution in [3.05, 3.63) is 74.8 Å². The smallest absolute Gasteiger partial charge is 0.269 e. The highest BCUT2D eigenvalue weighted by Crippen LogP contribution is 2.20. The van der Waals surface area contributed by atoms with Crippen LogP contribution in [0.3, 0.4) is 0 Å². The van der Waals surface area contributed by atoms with Crippen molar-refractivity contribution in [2.75, 3.05) is 31.1 Å². The molecule has 1 aromatic heterocycles. The number of hydrogen-bond acceptors (Lipinski definition) is 7. The van der Waals surface area contributed by atoms with Crippen molar-refractivity contribution in [3.8, 4) is 0 Å². The monoisotopic (exact) mass is 463 g/mol. The minimum atomic E-state index is -0.469. The lowest BCUT2D eigenvalue weighted by Crippen LogP contribution is -2.48. The van der Waals surface area contributed by atoms with E-state index in [9.17, 15) is 24.5 Å². The van der Waals surface area contributed by atoms with E-state index < -0.39 is 4.92 Å². The lowest BCUT2D eigenvalue weighted by atomic mass is 10.1. The molecule has 1 fully saturated rings. The van der Waals surface area contributed by atoms with Crippen LogP contribution >= 0.6 is 0 Å². The van der Waals surface area contributed by atoms with Crippen LogP contribution in [-0.4, -0.2) is 57.2 Å². The van der Waals surface area contributed by atoms with E-state index in [1.165, 1.54) is 23.0 Å². The van der Waals surface area contributed by atoms with Crippen LogP contribution < -0.4 is 10.5 Å². The van der Waals surface area contributed by atoms with Gasteiger partial charge in [0.1, 0.15) is 0 Å². The number of non-ortho nitro benzene ring substituents is 1. The van der Waals surface area contributed by atoms with Crippen molar-refractivity contribution in [1.82, 2.24) is 14.5 Å². The molecule has 1 aliphatic heterocycles. The zero-order valence-corrected chi connectivity index (χ0v) is 18.8. The van der Waals surface area contributed by atoms with Gasteiger partial charge in [0.05, 0.1) is 28.7 Å². The normalized spacial score (nSPS) is 13.8. The summed E-state index contributed by atoms with van der Waals surface area (Å²) in [4.78, 5) is 55.8. The third-order valence-electron chi connectivity index (χ3n) is 6.06. The number of nitrogens with zero attached hydrogens (tertiary/aromatic N) is 5. The van der Waals surface area contributed by atoms with Crippen molar-refractivity contribution in [1.29, 1.82) is 0 Å². The van der Waals surface area contributed by atoms with Crippen LogP contribution in [0.2, 0.25) is 0 Å². The van der Waals surface area contributed by atoms with Crippen LogP contribution in [0, 0.1) is 10.1 Å². The second kappa shape index (κ2) is 9.82. The average Bonchev–Trinajstić information content (AvgIpc) is 2.84. The molecule has 1 amide bonds. The fourth-order valence-corrected chi connectivity index (χ4v) is 4.11. The van der Waals surface area contributed by atoms with Crippen LogP contribution in [0.1, 0.15) is 18.9 Å². The molecule has 176 valence electrons. The number of carbonyl (C=O) groups is 2. The number of fused-ring (bicyclic) bond motifs is 1. The van der Waals surface area contributed by atoms with Gasteiger partial charge in [-0.3, -0.25) is 29.1 Å². The topological polar surface area (TPSA) is 119 Å². The van der Waals surface area contributed by atoms with E-state index in [-0.39, 0.29) is 35.9 Å². The fraction of sp³-hybridized carbons (Fsp3) is 0.333. The number of hydrogen-bond donors (Lipinski definition) is 0. The van der Waals surface area contributed by atoms with Gasteiger partial charge in [0.15, 0.2) is 5.78 Å². The highest BCUT2D eigenvalue weighted by atomic mass is 16.6. The number of rotatable bonds is 7. The highest BCUT2D eigenvalue weighted by molar-refractivity contribution is 5.83. The Kier molecular flexibility index (Phi) is 6.67. The lowest BCUT2D eigenvalue weighted by molar-refractivity contribution is -0.384. The summed E-state index contributed by atoms with van der Waals surface area (Å²) in [7, 11) is 0. The Hall–Kier alpha value is -4.08. The van der Waals surface area contributed by atoms with Crippen molar-refractivity contribution < 1.29 is 14.5 Å². The Morgan fingerprint density at radius 2 is 1.85 bits per heavy atom. The third kappa shape index (κ3) is 5.11. The van der Waals surface area contributed by atoms with Crippen LogP contribution in [0.15, 0.2) is 53.6 Å². The van der Waals surface area contributed by atoms with Gasteiger partial charge in [-0.25, -0.2) is 4.98 Å². The van der Waals surface area contributed by atoms with Crippen molar-refractivity contribution in [2.24, 2.45) is 0 Å². The van der Waals surface area contributed by atoms with Gasteiger partial charge in [-0.05, 0) is 30.2 Å². The summed E-state index contributed by atoms with van der Waals surface area (Å²) in [5, 5.41) is 11.3. The van der Waals surface area contributed by atoms with E-state index in [0.717, 1.165) is 5.69 Å². The SMILES string of the molecule is CC(=O)N1CCN(c2ccc3ncn(CC(=O)CCc4cccc([N+](=O)[O-])c4)c(=O)c3c2)CC1. The molecule has 0 N–H and O–H groups in total. The number of nitro benzene ring substituents is 1. The number of ketones is 1. The van der Waals surface area contributed by atoms with Gasteiger partial charge in [0.25, 0.3) is 11.2 Å². The van der Waals surface area contributed by atoms with Crippen molar-refractivity contribution >= 4 is 34.0 Å². The molecular weight excluding hydrogens is 438 g/mol. The molecule has 4 rings (SSSR count). The number of aryl methyl sites for hydroxylation is 1. The molecule has 1 aliphatic rings. The molecule has 0 bridgehead atoms. The minimum absolute atomic E-state index is 0.0154. The first-order chi connectivity index (χ1) is 16.3. The Labute approximate surface area is 195 Å². The van der Waals surface area contributed by atoms with Crippen LogP contribution in [0.5, 0.6) is 0 Å². The number of amides is 1. The van der Waals surface area contributed by atoms with Gasteiger partial charge < -0.3 is 9.80 Å². The zero-order valence-electron chi connectivity index (χ0n) is 18.8. The Bertz CT molecular complexity index is 1310. The molecule has 0 radical (unpaired) electrons. The average molecular weight is 463 g/mol. The predicted molar refractivity (Wildman–Crippen MR) is 127 cm³/mol. The number of aromatic nitrogens is 2. The molecule has 0 aliphatic carbocycles. The van der Waals surface area contributed by atoms with Gasteiger partial charge in [0.2, 0.25) is 5.91 Å². The zero-order chi connectivity index (χ0) is 24.2. The van der Waals surface area contributed by atoms with E-state index in [1.54, 1.807) is 36.1 Å². The molecule has 2 aromatic carbocycles. The Morgan fingerprint density at radius 3 is 2.56 bits per heavy atom. The summed E-state index contributed by atoms with van der Waals surface area (Å²) in [5.41, 5.74) is 1.82. The number of nitro groups is 1. The maximum absolute atomic E-state index is 13.1. The third-order valence-corrected chi connectivity index (χ3v) is 6.06. The summed E-state index contributed by atoms with van der Waals surface area (Å²) < 4.78 is 1.30. The lowest BCUT2D eigenvalue weighted by Gasteiger charge is -2.35. The molecule has 34 heavy (non-hydrogen) atoms. The Morgan fingerprint density at radius 1 is 1.09 bits per heavy atom. The molecule has 0 saturated carbocycles. The summed E-state index contributed by atoms with van der Waals surface area (Å²) in [6, 6.07) is 11.7. The second-order valence-corrected chi connectivity index (χ2v) is 8.34. The number of carbonyl (C=O) groups excluding carboxylic acids is 2. The van der Waals surface area contributed by atoms with E-state index in [0.29, 0.717) is 49.1 Å². The maximum atomic E-state index is 13.1. The van der Waals surface area contributed by atoms with Gasteiger partial charge in [-0.2, -0.15) is 0 Å². The number of anilines is 1. The quantitative estimate of drug-likeness (QED) is 0.389. The van der Waals surface area contributed by atoms with Crippen LogP contribution in [0.4, 0.5) is 11.4 Å². The molecule has 0 atom stereocenters. The fourth-order valence-electron chi connectivity index (χ4n) is 4.11. The molecule has 0 spiro atoms. The van der Waals surface area contributed by atoms with E-state index in [2.05, 4.69) is 9.88 Å². The summed E-state index contributed by atoms with van der Waals surface area (Å²) >= 11 is 0. The molecule has 10 nitrogen and oxygen atoms in total. The van der Waals surface area contributed by atoms with E-state index >= 15 is 0 Å². The molecule has 3 aromatic rings. The maximum Gasteiger partial charge on any atom is 0.269 e. The van der Waals surface area contributed by atoms with Crippen LogP contribution in [0.25, 0.3) is 10.9 Å². The number of Topliss-reactive ketones (excluding diaryl/α,β-unsaturated/α-hetero) is 1. The van der Waals surface area contributed by atoms with Gasteiger partial charge in [-0.1, -0.05) is 12.1 Å². The minimum Gasteiger partial charge on any atom is -0.368 e. The standard InChI is InChI=1S/C24H25N5O5/c1-17(30)26-9-11-27(12-10-26)19-6-8-23-22(14-19)24(32)28(16-25-23)15-21(31)7-5-18-3-2-4-20(13-18)29(33)34/h2-4,6,8,13-14,16H,5,7,9-12,15H2,1H3. The second-order valence-electron chi connectivity index (χ2n) is 8.34. The summed E-state index contributed by atoms with van der Waals surface area (Å²) in [5.74, 6) is -0.105. The summed E-state index contributed by atoms with van der Waals surface area (Å²) in [6.07, 6.45) is 1.89. The molecular formula is C24H25N5O5. The number of piperazine rings is 1. The molecule has 10 heteroatoms. The summed E-state index contributed by atoms with van der Waals surface area (Å²) in [6.45, 7) is 4.06. The van der Waals surface area contributed by atoms with Gasteiger partial charge in [0, 0.05) is 57.3 Å². The van der Waals surface area contributed by atoms with Crippen molar-refractivity contribution in [2.45, 2.75) is 26.3 Å². The van der Waals surface area contributed by atoms with Gasteiger partial charge >= 0.3 is 0 Å². The van der Waals surface area contributed by atoms with E-state index in [1.807, 2.05) is 6.07 Å². The van der Waals surface area contributed by atoms with E-state index in [4.69, 9.17) is 0 Å². The first-order valence-corrected chi connectivity index (χ1v) is 11.1. The first-order valence-electron chi connectivity index (χ1n) is 11.1. The largest absolute Gasteiger partial charge is 0.368 e. The predicted octanol–water partition coefficient (Wildman–Crippen LogP) is 2.18. The number of benzene rings is 2. The molecule has 2 heterocycles. The molecule has 0 unspecified atom stereocenters. The van der Waals surface area contributed by atoms with Crippen LogP contribution in [-0.2, 0) is 22.6 Å².